The first-order valence-corrected chi connectivity index (χ1v) is 9.80. The molecule has 7 nitrogen and oxygen atoms in total. The topological polar surface area (TPSA) is 91.6 Å². The lowest BCUT2D eigenvalue weighted by Crippen LogP contribution is -2.38. The van der Waals surface area contributed by atoms with Crippen LogP contribution in [0.4, 0.5) is 0 Å². The maximum atomic E-state index is 11.8. The molecule has 0 saturated heterocycles. The van der Waals surface area contributed by atoms with Gasteiger partial charge in [0.15, 0.2) is 5.96 Å². The number of nitrogens with one attached hydrogen (secondary N) is 3. The molecular formula is C18H27N5O2S. The van der Waals surface area contributed by atoms with Crippen molar-refractivity contribution in [2.24, 2.45) is 4.99 Å². The Hall–Kier alpha value is -2.35. The van der Waals surface area contributed by atoms with E-state index in [2.05, 4.69) is 39.9 Å². The van der Waals surface area contributed by atoms with E-state index in [4.69, 9.17) is 4.52 Å². The zero-order chi connectivity index (χ0) is 18.8. The van der Waals surface area contributed by atoms with Crippen molar-refractivity contribution in [2.75, 3.05) is 20.1 Å². The molecule has 2 aromatic heterocycles. The van der Waals surface area contributed by atoms with Crippen molar-refractivity contribution in [2.45, 2.75) is 39.7 Å². The second-order valence-corrected chi connectivity index (χ2v) is 6.63. The average molecular weight is 378 g/mol. The van der Waals surface area contributed by atoms with Crippen molar-refractivity contribution in [3.05, 3.63) is 39.4 Å². The van der Waals surface area contributed by atoms with E-state index in [1.807, 2.05) is 17.5 Å². The van der Waals surface area contributed by atoms with Crippen molar-refractivity contribution in [3.63, 3.8) is 0 Å². The maximum absolute atomic E-state index is 11.8. The van der Waals surface area contributed by atoms with Crippen LogP contribution in [0.15, 0.2) is 27.0 Å². The first kappa shape index (κ1) is 20.0. The zero-order valence-corrected chi connectivity index (χ0v) is 16.4. The van der Waals surface area contributed by atoms with Gasteiger partial charge in [0.25, 0.3) is 5.91 Å². The molecule has 8 heteroatoms. The lowest BCUT2D eigenvalue weighted by Gasteiger charge is -2.12. The summed E-state index contributed by atoms with van der Waals surface area (Å²) in [6, 6.07) is 3.70. The van der Waals surface area contributed by atoms with Crippen molar-refractivity contribution in [3.8, 4) is 0 Å². The number of hydrogen-bond donors (Lipinski definition) is 3. The van der Waals surface area contributed by atoms with E-state index in [1.54, 1.807) is 7.05 Å². The minimum Gasteiger partial charge on any atom is -0.361 e. The van der Waals surface area contributed by atoms with E-state index in [-0.39, 0.29) is 5.91 Å². The zero-order valence-electron chi connectivity index (χ0n) is 15.6. The molecule has 0 fully saturated rings. The van der Waals surface area contributed by atoms with Crippen LogP contribution in [0.25, 0.3) is 0 Å². The van der Waals surface area contributed by atoms with Crippen LogP contribution in [-0.2, 0) is 19.4 Å². The van der Waals surface area contributed by atoms with Gasteiger partial charge in [-0.1, -0.05) is 25.1 Å². The molecule has 3 N–H and O–H groups in total. The molecule has 2 aromatic rings. The predicted molar refractivity (Wildman–Crippen MR) is 105 cm³/mol. The largest absolute Gasteiger partial charge is 0.361 e. The van der Waals surface area contributed by atoms with Crippen molar-refractivity contribution >= 4 is 23.2 Å². The van der Waals surface area contributed by atoms with E-state index in [0.717, 1.165) is 53.7 Å². The quantitative estimate of drug-likeness (QED) is 0.354. The minimum absolute atomic E-state index is 0.0193. The molecule has 0 radical (unpaired) electrons. The van der Waals surface area contributed by atoms with Gasteiger partial charge in [-0.15, -0.1) is 11.3 Å². The van der Waals surface area contributed by atoms with Crippen LogP contribution in [0.5, 0.6) is 0 Å². The average Bonchev–Trinajstić information content (AvgIpc) is 3.33. The predicted octanol–water partition coefficient (Wildman–Crippen LogP) is 2.35. The molecule has 142 valence electrons. The van der Waals surface area contributed by atoms with Crippen molar-refractivity contribution < 1.29 is 9.32 Å². The standard InChI is InChI=1S/C18H27N5O2S/c1-4-14-13(15(5-2)25-23-14)12-22-18(19-3)21-10-7-9-20-17(24)16-8-6-11-26-16/h6,8,11H,4-5,7,9-10,12H2,1-3H3,(H,20,24)(H2,19,21,22). The fourth-order valence-corrected chi connectivity index (χ4v) is 3.16. The highest BCUT2D eigenvalue weighted by molar-refractivity contribution is 7.12. The number of nitrogens with zero attached hydrogens (tertiary/aromatic N) is 2. The van der Waals surface area contributed by atoms with E-state index in [1.165, 1.54) is 11.3 Å². The van der Waals surface area contributed by atoms with Gasteiger partial charge in [0.2, 0.25) is 0 Å². The van der Waals surface area contributed by atoms with Crippen LogP contribution in [0.3, 0.4) is 0 Å². The molecule has 0 bridgehead atoms. The fourth-order valence-electron chi connectivity index (χ4n) is 2.52. The SMILES string of the molecule is CCc1noc(CC)c1CNC(=NC)NCCCNC(=O)c1cccs1. The van der Waals surface area contributed by atoms with E-state index in [0.29, 0.717) is 13.1 Å². The van der Waals surface area contributed by atoms with Crippen LogP contribution < -0.4 is 16.0 Å². The van der Waals surface area contributed by atoms with Crippen molar-refractivity contribution in [1.82, 2.24) is 21.1 Å². The van der Waals surface area contributed by atoms with Gasteiger partial charge in [-0.3, -0.25) is 9.79 Å². The van der Waals surface area contributed by atoms with Gasteiger partial charge >= 0.3 is 0 Å². The highest BCUT2D eigenvalue weighted by Crippen LogP contribution is 2.15. The van der Waals surface area contributed by atoms with Crippen LogP contribution in [0, 0.1) is 0 Å². The van der Waals surface area contributed by atoms with E-state index < -0.39 is 0 Å². The summed E-state index contributed by atoms with van der Waals surface area (Å²) in [4.78, 5) is 16.8. The third-order valence-electron chi connectivity index (χ3n) is 3.94. The highest BCUT2D eigenvalue weighted by Gasteiger charge is 2.13. The van der Waals surface area contributed by atoms with Crippen LogP contribution >= 0.6 is 11.3 Å². The molecule has 0 unspecified atom stereocenters. The molecule has 0 aliphatic rings. The number of aryl methyl sites for hydroxylation is 2. The summed E-state index contributed by atoms with van der Waals surface area (Å²) in [6.45, 7) is 6.09. The molecule has 0 aliphatic heterocycles. The second kappa shape index (κ2) is 10.6. The van der Waals surface area contributed by atoms with E-state index >= 15 is 0 Å². The van der Waals surface area contributed by atoms with Gasteiger partial charge in [0.1, 0.15) is 5.76 Å². The van der Waals surface area contributed by atoms with Gasteiger partial charge in [0.05, 0.1) is 10.6 Å². The Morgan fingerprint density at radius 2 is 2.04 bits per heavy atom. The second-order valence-electron chi connectivity index (χ2n) is 5.68. The minimum atomic E-state index is -0.0193. The Labute approximate surface area is 158 Å². The third kappa shape index (κ3) is 5.59. The lowest BCUT2D eigenvalue weighted by atomic mass is 10.1. The number of thiophene rings is 1. The normalized spacial score (nSPS) is 11.4. The number of guanidine groups is 1. The Bertz CT molecular complexity index is 688. The molecule has 2 rings (SSSR count). The van der Waals surface area contributed by atoms with Crippen LogP contribution in [0.1, 0.15) is 47.0 Å². The molecule has 2 heterocycles. The summed E-state index contributed by atoms with van der Waals surface area (Å²) < 4.78 is 5.38. The number of hydrogen-bond acceptors (Lipinski definition) is 5. The third-order valence-corrected chi connectivity index (χ3v) is 4.81. The molecule has 0 saturated carbocycles. The van der Waals surface area contributed by atoms with Gasteiger partial charge in [-0.25, -0.2) is 0 Å². The molecule has 1 amide bonds. The smallest absolute Gasteiger partial charge is 0.261 e. The lowest BCUT2D eigenvalue weighted by molar-refractivity contribution is 0.0957. The Kier molecular flexibility index (Phi) is 8.14. The summed E-state index contributed by atoms with van der Waals surface area (Å²) in [5.41, 5.74) is 2.10. The molecule has 0 atom stereocenters. The molecule has 0 spiro atoms. The number of rotatable bonds is 9. The summed E-state index contributed by atoms with van der Waals surface area (Å²) >= 11 is 1.44. The molecule has 26 heavy (non-hydrogen) atoms. The van der Waals surface area contributed by atoms with Crippen molar-refractivity contribution in [1.29, 1.82) is 0 Å². The summed E-state index contributed by atoms with van der Waals surface area (Å²) in [5.74, 6) is 1.62. The van der Waals surface area contributed by atoms with Gasteiger partial charge in [0, 0.05) is 38.7 Å². The number of aromatic nitrogens is 1. The van der Waals surface area contributed by atoms with Gasteiger partial charge in [-0.05, 0) is 24.3 Å². The molecular weight excluding hydrogens is 350 g/mol. The number of amides is 1. The fraction of sp³-hybridized carbons (Fsp3) is 0.500. The van der Waals surface area contributed by atoms with Crippen LogP contribution in [-0.4, -0.2) is 37.2 Å². The van der Waals surface area contributed by atoms with Crippen LogP contribution in [0.2, 0.25) is 0 Å². The summed E-state index contributed by atoms with van der Waals surface area (Å²) in [6.07, 6.45) is 2.47. The Morgan fingerprint density at radius 1 is 1.23 bits per heavy atom. The monoisotopic (exact) mass is 377 g/mol. The number of carbonyl (C=O) groups is 1. The Morgan fingerprint density at radius 3 is 2.69 bits per heavy atom. The molecule has 0 aromatic carbocycles. The number of aliphatic imine (C=N–C) groups is 1. The van der Waals surface area contributed by atoms with Gasteiger partial charge < -0.3 is 20.5 Å². The Balaban J connectivity index is 1.70. The molecule has 0 aliphatic carbocycles. The number of carbonyl (C=O) groups excluding carboxylic acids is 1. The summed E-state index contributed by atoms with van der Waals surface area (Å²) in [5, 5.41) is 15.5. The van der Waals surface area contributed by atoms with E-state index in [9.17, 15) is 4.79 Å². The first-order valence-electron chi connectivity index (χ1n) is 8.92. The maximum Gasteiger partial charge on any atom is 0.261 e. The highest BCUT2D eigenvalue weighted by atomic mass is 32.1. The summed E-state index contributed by atoms with van der Waals surface area (Å²) in [7, 11) is 1.74. The first-order chi connectivity index (χ1) is 12.7. The van der Waals surface area contributed by atoms with Gasteiger partial charge in [-0.2, -0.15) is 0 Å².